The molecule has 3 heteroatoms. The Bertz CT molecular complexity index is 1540. The number of nitrogens with zero attached hydrogens (tertiary/aromatic N) is 2. The van der Waals surface area contributed by atoms with Crippen LogP contribution in [0.5, 0.6) is 0 Å². The van der Waals surface area contributed by atoms with Crippen LogP contribution in [0.25, 0.3) is 55.1 Å². The maximum absolute atomic E-state index is 6.51. The summed E-state index contributed by atoms with van der Waals surface area (Å²) in [7, 11) is 4.27. The van der Waals surface area contributed by atoms with Crippen LogP contribution in [0.3, 0.4) is 0 Å². The first-order valence-electron chi connectivity index (χ1n) is 9.92. The fourth-order valence-corrected chi connectivity index (χ4v) is 4.81. The number of hydrogen-bond acceptors (Lipinski definition) is 1. The summed E-state index contributed by atoms with van der Waals surface area (Å²) in [6.07, 6.45) is 0. The van der Waals surface area contributed by atoms with Crippen LogP contribution in [-0.4, -0.2) is 4.57 Å². The lowest BCUT2D eigenvalue weighted by Gasteiger charge is -2.05. The Morgan fingerprint density at radius 2 is 1.62 bits per heavy atom. The van der Waals surface area contributed by atoms with E-state index in [1.54, 1.807) is 0 Å². The van der Waals surface area contributed by atoms with Crippen LogP contribution in [0.15, 0.2) is 77.2 Å². The fraction of sp³-hybridized carbons (Fsp3) is 0.115. The monoisotopic (exact) mass is 377 g/mol. The maximum atomic E-state index is 6.51. The number of fused-ring (bicyclic) bond motifs is 6. The topological polar surface area (TPSA) is 21.9 Å². The van der Waals surface area contributed by atoms with Crippen molar-refractivity contribution in [3.63, 3.8) is 0 Å². The highest BCUT2D eigenvalue weighted by molar-refractivity contribution is 6.20. The standard InChI is InChI=1S/C26H21N2O/c1-16-12-14-19-24-18-9-5-4-8-17(18)13-15-22(24)29-25(19)23(16)26-27(2)20-10-6-7-11-21(20)28(26)3/h4-15H,1-3H3/q+1. The summed E-state index contributed by atoms with van der Waals surface area (Å²) in [6, 6.07) is 25.7. The van der Waals surface area contributed by atoms with Gasteiger partial charge in [-0.2, -0.15) is 0 Å². The average Bonchev–Trinajstić information content (AvgIpc) is 3.25. The molecule has 0 aliphatic carbocycles. The molecular weight excluding hydrogens is 356 g/mol. The normalized spacial score (nSPS) is 12.0. The van der Waals surface area contributed by atoms with E-state index in [0.29, 0.717) is 0 Å². The van der Waals surface area contributed by atoms with Gasteiger partial charge < -0.3 is 4.42 Å². The number of furan rings is 1. The summed E-state index contributed by atoms with van der Waals surface area (Å²) in [5, 5.41) is 4.84. The summed E-state index contributed by atoms with van der Waals surface area (Å²) in [5.41, 5.74) is 6.68. The van der Waals surface area contributed by atoms with Crippen molar-refractivity contribution < 1.29 is 8.98 Å². The number of benzene rings is 4. The van der Waals surface area contributed by atoms with Crippen LogP contribution < -0.4 is 4.57 Å². The molecule has 0 N–H and O–H groups in total. The molecule has 29 heavy (non-hydrogen) atoms. The van der Waals surface area contributed by atoms with Crippen molar-refractivity contribution in [3.05, 3.63) is 78.4 Å². The molecule has 0 atom stereocenters. The van der Waals surface area contributed by atoms with E-state index in [9.17, 15) is 0 Å². The van der Waals surface area contributed by atoms with Gasteiger partial charge in [-0.05, 0) is 41.5 Å². The van der Waals surface area contributed by atoms with Crippen molar-refractivity contribution >= 4 is 43.7 Å². The lowest BCUT2D eigenvalue weighted by molar-refractivity contribution is -0.634. The van der Waals surface area contributed by atoms with Gasteiger partial charge >= 0.3 is 0 Å². The average molecular weight is 377 g/mol. The van der Waals surface area contributed by atoms with Crippen molar-refractivity contribution in [2.24, 2.45) is 14.1 Å². The molecule has 4 aromatic carbocycles. The molecule has 140 valence electrons. The molecule has 0 radical (unpaired) electrons. The molecule has 0 saturated carbocycles. The van der Waals surface area contributed by atoms with E-state index in [1.165, 1.54) is 38.1 Å². The number of aryl methyl sites for hydroxylation is 3. The molecule has 0 bridgehead atoms. The molecule has 0 saturated heterocycles. The van der Waals surface area contributed by atoms with Gasteiger partial charge in [0.05, 0.1) is 14.1 Å². The maximum Gasteiger partial charge on any atom is 0.293 e. The zero-order chi connectivity index (χ0) is 19.7. The van der Waals surface area contributed by atoms with Crippen LogP contribution in [-0.2, 0) is 14.1 Å². The van der Waals surface area contributed by atoms with Gasteiger partial charge in [0.25, 0.3) is 5.82 Å². The summed E-state index contributed by atoms with van der Waals surface area (Å²) in [6.45, 7) is 2.16. The van der Waals surface area contributed by atoms with E-state index in [1.807, 2.05) is 0 Å². The molecule has 0 spiro atoms. The lowest BCUT2D eigenvalue weighted by Crippen LogP contribution is -2.30. The Kier molecular flexibility index (Phi) is 3.22. The Labute approximate surface area is 168 Å². The molecule has 0 aliphatic rings. The third kappa shape index (κ3) is 2.10. The van der Waals surface area contributed by atoms with Crippen molar-refractivity contribution in [1.82, 2.24) is 4.57 Å². The molecule has 0 fully saturated rings. The van der Waals surface area contributed by atoms with Crippen LogP contribution in [0.4, 0.5) is 0 Å². The first-order chi connectivity index (χ1) is 14.1. The second-order valence-corrected chi connectivity index (χ2v) is 7.83. The van der Waals surface area contributed by atoms with E-state index in [-0.39, 0.29) is 0 Å². The fourth-order valence-electron chi connectivity index (χ4n) is 4.81. The molecule has 0 amide bonds. The highest BCUT2D eigenvalue weighted by Gasteiger charge is 2.27. The zero-order valence-electron chi connectivity index (χ0n) is 16.7. The van der Waals surface area contributed by atoms with E-state index < -0.39 is 0 Å². The van der Waals surface area contributed by atoms with Crippen molar-refractivity contribution in [2.45, 2.75) is 6.92 Å². The summed E-state index contributed by atoms with van der Waals surface area (Å²) in [4.78, 5) is 0. The molecule has 6 aromatic rings. The Hall–Kier alpha value is -3.59. The van der Waals surface area contributed by atoms with Gasteiger partial charge in [-0.3, -0.25) is 0 Å². The largest absolute Gasteiger partial charge is 0.455 e. The van der Waals surface area contributed by atoms with Gasteiger partial charge in [-0.15, -0.1) is 0 Å². The van der Waals surface area contributed by atoms with E-state index in [2.05, 4.69) is 103 Å². The highest BCUT2D eigenvalue weighted by Crippen LogP contribution is 2.40. The molecule has 0 aliphatic heterocycles. The molecule has 6 rings (SSSR count). The molecule has 3 nitrogen and oxygen atoms in total. The summed E-state index contributed by atoms with van der Waals surface area (Å²) < 4.78 is 11.0. The number of rotatable bonds is 1. The smallest absolute Gasteiger partial charge is 0.293 e. The van der Waals surface area contributed by atoms with Gasteiger partial charge in [-0.25, -0.2) is 9.13 Å². The molecule has 0 unspecified atom stereocenters. The number of imidazole rings is 1. The minimum atomic E-state index is 0.937. The minimum Gasteiger partial charge on any atom is -0.455 e. The predicted octanol–water partition coefficient (Wildman–Crippen LogP) is 6.03. The van der Waals surface area contributed by atoms with Crippen molar-refractivity contribution in [3.8, 4) is 11.4 Å². The second-order valence-electron chi connectivity index (χ2n) is 7.83. The van der Waals surface area contributed by atoms with E-state index in [0.717, 1.165) is 22.6 Å². The van der Waals surface area contributed by atoms with Crippen LogP contribution >= 0.6 is 0 Å². The third-order valence-corrected chi connectivity index (χ3v) is 6.20. The van der Waals surface area contributed by atoms with Gasteiger partial charge in [0, 0.05) is 10.8 Å². The minimum absolute atomic E-state index is 0.937. The quantitative estimate of drug-likeness (QED) is 0.321. The predicted molar refractivity (Wildman–Crippen MR) is 119 cm³/mol. The van der Waals surface area contributed by atoms with E-state index in [4.69, 9.17) is 4.42 Å². The summed E-state index contributed by atoms with van der Waals surface area (Å²) >= 11 is 0. The first-order valence-corrected chi connectivity index (χ1v) is 9.92. The second kappa shape index (κ2) is 5.71. The highest BCUT2D eigenvalue weighted by atomic mass is 16.3. The van der Waals surface area contributed by atoms with Gasteiger partial charge in [-0.1, -0.05) is 54.6 Å². The number of hydrogen-bond donors (Lipinski definition) is 0. The molecular formula is C26H21N2O+. The van der Waals surface area contributed by atoms with Crippen molar-refractivity contribution in [2.75, 3.05) is 0 Å². The van der Waals surface area contributed by atoms with E-state index >= 15 is 0 Å². The summed E-state index contributed by atoms with van der Waals surface area (Å²) in [5.74, 6) is 1.15. The van der Waals surface area contributed by atoms with Gasteiger partial charge in [0.1, 0.15) is 11.1 Å². The number of aromatic nitrogens is 2. The Balaban J connectivity index is 1.81. The Morgan fingerprint density at radius 1 is 0.828 bits per heavy atom. The molecule has 2 aromatic heterocycles. The lowest BCUT2D eigenvalue weighted by atomic mass is 10.00. The number of para-hydroxylation sites is 2. The SMILES string of the molecule is Cc1ccc2c(oc3ccc4ccccc4c32)c1-c1n(C)c2ccccc2[n+]1C. The Morgan fingerprint density at radius 3 is 2.48 bits per heavy atom. The third-order valence-electron chi connectivity index (χ3n) is 6.20. The van der Waals surface area contributed by atoms with Crippen LogP contribution in [0, 0.1) is 6.92 Å². The van der Waals surface area contributed by atoms with Gasteiger partial charge in [0.15, 0.2) is 16.6 Å². The van der Waals surface area contributed by atoms with Crippen LogP contribution in [0.1, 0.15) is 5.56 Å². The van der Waals surface area contributed by atoms with Crippen molar-refractivity contribution in [1.29, 1.82) is 0 Å². The molecule has 2 heterocycles. The van der Waals surface area contributed by atoms with Crippen LogP contribution in [0.2, 0.25) is 0 Å². The first kappa shape index (κ1) is 16.4. The van der Waals surface area contributed by atoms with Gasteiger partial charge in [0.2, 0.25) is 0 Å². The zero-order valence-corrected chi connectivity index (χ0v) is 16.7.